The van der Waals surface area contributed by atoms with Crippen molar-refractivity contribution in [1.82, 2.24) is 4.98 Å². The molecule has 0 spiro atoms. The van der Waals surface area contributed by atoms with Crippen molar-refractivity contribution < 1.29 is 13.2 Å². The highest BCUT2D eigenvalue weighted by molar-refractivity contribution is 7.89. The van der Waals surface area contributed by atoms with Crippen molar-refractivity contribution in [3.8, 4) is 0 Å². The first kappa shape index (κ1) is 14.7. The number of aromatic nitrogens is 1. The Labute approximate surface area is 118 Å². The van der Waals surface area contributed by atoms with Crippen molar-refractivity contribution in [2.45, 2.75) is 6.42 Å². The maximum atomic E-state index is 12.1. The van der Waals surface area contributed by atoms with Crippen molar-refractivity contribution in [1.29, 1.82) is 0 Å². The SMILES string of the molecule is CN(C)c1ncccc1N1CC(CS(N)(=O)=O)CC1=O. The summed E-state index contributed by atoms with van der Waals surface area (Å²) in [6.45, 7) is 0.349. The third kappa shape index (κ3) is 3.26. The topological polar surface area (TPSA) is 96.6 Å². The molecule has 0 radical (unpaired) electrons. The Hall–Kier alpha value is -1.67. The third-order valence-corrected chi connectivity index (χ3v) is 4.09. The molecule has 0 saturated carbocycles. The molecule has 1 aliphatic rings. The van der Waals surface area contributed by atoms with E-state index in [0.717, 1.165) is 0 Å². The maximum absolute atomic E-state index is 12.1. The average molecular weight is 298 g/mol. The normalized spacial score (nSPS) is 19.4. The van der Waals surface area contributed by atoms with E-state index >= 15 is 0 Å². The summed E-state index contributed by atoms with van der Waals surface area (Å²) in [6, 6.07) is 3.56. The minimum Gasteiger partial charge on any atom is -0.361 e. The predicted molar refractivity (Wildman–Crippen MR) is 77.0 cm³/mol. The van der Waals surface area contributed by atoms with Gasteiger partial charge in [-0.2, -0.15) is 0 Å². The van der Waals surface area contributed by atoms with E-state index in [1.807, 2.05) is 19.0 Å². The summed E-state index contributed by atoms with van der Waals surface area (Å²) >= 11 is 0. The van der Waals surface area contributed by atoms with Crippen LogP contribution in [0.2, 0.25) is 0 Å². The Morgan fingerprint density at radius 2 is 2.20 bits per heavy atom. The number of amides is 1. The molecule has 1 aromatic rings. The zero-order valence-electron chi connectivity index (χ0n) is 11.5. The Kier molecular flexibility index (Phi) is 3.96. The molecule has 2 N–H and O–H groups in total. The molecule has 1 atom stereocenters. The minimum absolute atomic E-state index is 0.102. The van der Waals surface area contributed by atoms with E-state index in [4.69, 9.17) is 5.14 Å². The number of rotatable bonds is 4. The van der Waals surface area contributed by atoms with Crippen molar-refractivity contribution in [3.05, 3.63) is 18.3 Å². The number of nitrogens with two attached hydrogens (primary N) is 1. The van der Waals surface area contributed by atoms with Gasteiger partial charge in [-0.1, -0.05) is 0 Å². The largest absolute Gasteiger partial charge is 0.361 e. The second-order valence-corrected chi connectivity index (χ2v) is 6.80. The van der Waals surface area contributed by atoms with E-state index in [1.54, 1.807) is 23.2 Å². The van der Waals surface area contributed by atoms with Crippen LogP contribution in [0, 0.1) is 5.92 Å². The van der Waals surface area contributed by atoms with Gasteiger partial charge >= 0.3 is 0 Å². The van der Waals surface area contributed by atoms with Gasteiger partial charge in [-0.15, -0.1) is 0 Å². The highest BCUT2D eigenvalue weighted by atomic mass is 32.2. The smallest absolute Gasteiger partial charge is 0.227 e. The molecule has 2 rings (SSSR count). The number of nitrogens with zero attached hydrogens (tertiary/aromatic N) is 3. The fraction of sp³-hybridized carbons (Fsp3) is 0.500. The molecule has 1 aromatic heterocycles. The summed E-state index contributed by atoms with van der Waals surface area (Å²) in [5.41, 5.74) is 0.694. The third-order valence-electron chi connectivity index (χ3n) is 3.15. The van der Waals surface area contributed by atoms with Gasteiger partial charge in [0.05, 0.1) is 11.4 Å². The fourth-order valence-corrected chi connectivity index (χ4v) is 3.28. The van der Waals surface area contributed by atoms with Crippen LogP contribution >= 0.6 is 0 Å². The molecule has 7 nitrogen and oxygen atoms in total. The molecule has 0 bridgehead atoms. The highest BCUT2D eigenvalue weighted by Crippen LogP contribution is 2.31. The number of pyridine rings is 1. The first-order valence-electron chi connectivity index (χ1n) is 6.21. The Bertz CT molecular complexity index is 615. The molecular weight excluding hydrogens is 280 g/mol. The van der Waals surface area contributed by atoms with Crippen molar-refractivity contribution >= 4 is 27.4 Å². The lowest BCUT2D eigenvalue weighted by Crippen LogP contribution is -2.29. The summed E-state index contributed by atoms with van der Waals surface area (Å²) in [7, 11) is 0.115. The molecule has 110 valence electrons. The number of hydrogen-bond acceptors (Lipinski definition) is 5. The van der Waals surface area contributed by atoms with Crippen LogP contribution in [0.3, 0.4) is 0 Å². The molecule has 2 heterocycles. The molecule has 0 aromatic carbocycles. The number of anilines is 2. The molecule has 1 unspecified atom stereocenters. The molecule has 1 saturated heterocycles. The lowest BCUT2D eigenvalue weighted by Gasteiger charge is -2.22. The molecule has 8 heteroatoms. The van der Waals surface area contributed by atoms with Gasteiger partial charge < -0.3 is 9.80 Å². The predicted octanol–water partition coefficient (Wildman–Crippen LogP) is -0.211. The van der Waals surface area contributed by atoms with Crippen LogP contribution < -0.4 is 14.9 Å². The molecular formula is C12H18N4O3S. The van der Waals surface area contributed by atoms with Crippen LogP contribution in [0.15, 0.2) is 18.3 Å². The second-order valence-electron chi connectivity index (χ2n) is 5.14. The highest BCUT2D eigenvalue weighted by Gasteiger charge is 2.34. The van der Waals surface area contributed by atoms with E-state index in [0.29, 0.717) is 18.1 Å². The zero-order chi connectivity index (χ0) is 14.9. The van der Waals surface area contributed by atoms with Gasteiger partial charge in [-0.05, 0) is 12.1 Å². The van der Waals surface area contributed by atoms with Crippen LogP contribution in [-0.4, -0.2) is 45.7 Å². The van der Waals surface area contributed by atoms with E-state index in [-0.39, 0.29) is 24.0 Å². The van der Waals surface area contributed by atoms with Gasteiger partial charge in [0.15, 0.2) is 5.82 Å². The van der Waals surface area contributed by atoms with E-state index in [2.05, 4.69) is 4.98 Å². The summed E-state index contributed by atoms with van der Waals surface area (Å²) in [4.78, 5) is 19.7. The van der Waals surface area contributed by atoms with Gasteiger partial charge in [0.2, 0.25) is 15.9 Å². The van der Waals surface area contributed by atoms with Crippen molar-refractivity contribution in [2.24, 2.45) is 11.1 Å². The maximum Gasteiger partial charge on any atom is 0.227 e. The van der Waals surface area contributed by atoms with Crippen LogP contribution in [-0.2, 0) is 14.8 Å². The first-order valence-corrected chi connectivity index (χ1v) is 7.92. The Morgan fingerprint density at radius 3 is 2.80 bits per heavy atom. The minimum atomic E-state index is -3.57. The first-order chi connectivity index (χ1) is 9.28. The number of hydrogen-bond donors (Lipinski definition) is 1. The molecule has 20 heavy (non-hydrogen) atoms. The van der Waals surface area contributed by atoms with Crippen LogP contribution in [0.1, 0.15) is 6.42 Å². The van der Waals surface area contributed by atoms with E-state index in [9.17, 15) is 13.2 Å². The summed E-state index contributed by atoms with van der Waals surface area (Å²) in [5.74, 6) is 0.131. The number of carbonyl (C=O) groups excluding carboxylic acids is 1. The Morgan fingerprint density at radius 1 is 1.50 bits per heavy atom. The van der Waals surface area contributed by atoms with Crippen LogP contribution in [0.5, 0.6) is 0 Å². The fourth-order valence-electron chi connectivity index (χ4n) is 2.40. The number of primary sulfonamides is 1. The van der Waals surface area contributed by atoms with Crippen molar-refractivity contribution in [2.75, 3.05) is 36.2 Å². The van der Waals surface area contributed by atoms with Gasteiger partial charge in [0.1, 0.15) is 0 Å². The summed E-state index contributed by atoms with van der Waals surface area (Å²) in [5, 5.41) is 5.04. The monoisotopic (exact) mass is 298 g/mol. The van der Waals surface area contributed by atoms with Crippen molar-refractivity contribution in [3.63, 3.8) is 0 Å². The number of sulfonamides is 1. The Balaban J connectivity index is 2.24. The molecule has 1 amide bonds. The standard InChI is InChI=1S/C12H18N4O3S/c1-15(2)12-10(4-3-5-14-12)16-7-9(6-11(16)17)8-20(13,18)19/h3-5,9H,6-8H2,1-2H3,(H2,13,18,19). The lowest BCUT2D eigenvalue weighted by atomic mass is 10.1. The van der Waals surface area contributed by atoms with Gasteiger partial charge in [-0.25, -0.2) is 18.5 Å². The summed E-state index contributed by atoms with van der Waals surface area (Å²) in [6.07, 6.45) is 1.85. The van der Waals surface area contributed by atoms with Gasteiger partial charge in [0.25, 0.3) is 0 Å². The second kappa shape index (κ2) is 5.37. The molecule has 1 fully saturated rings. The average Bonchev–Trinajstić information content (AvgIpc) is 2.67. The number of carbonyl (C=O) groups is 1. The summed E-state index contributed by atoms with van der Waals surface area (Å²) < 4.78 is 22.3. The van der Waals surface area contributed by atoms with Crippen LogP contribution in [0.25, 0.3) is 0 Å². The van der Waals surface area contributed by atoms with E-state index in [1.165, 1.54) is 0 Å². The van der Waals surface area contributed by atoms with Gasteiger partial charge in [0, 0.05) is 39.2 Å². The van der Waals surface area contributed by atoms with Gasteiger partial charge in [-0.3, -0.25) is 4.79 Å². The van der Waals surface area contributed by atoms with E-state index < -0.39 is 10.0 Å². The van der Waals surface area contributed by atoms with Crippen LogP contribution in [0.4, 0.5) is 11.5 Å². The molecule has 1 aliphatic heterocycles. The molecule has 0 aliphatic carbocycles. The quantitative estimate of drug-likeness (QED) is 0.829. The lowest BCUT2D eigenvalue weighted by molar-refractivity contribution is -0.117. The zero-order valence-corrected chi connectivity index (χ0v) is 12.3.